The Morgan fingerprint density at radius 2 is 1.64 bits per heavy atom. The van der Waals surface area contributed by atoms with Crippen molar-refractivity contribution in [3.63, 3.8) is 0 Å². The molecule has 256 valence electrons. The van der Waals surface area contributed by atoms with Crippen LogP contribution in [0.1, 0.15) is 58.1 Å². The number of nitrogens with zero attached hydrogens (tertiary/aromatic N) is 2. The molecule has 0 saturated carbocycles. The van der Waals surface area contributed by atoms with Crippen LogP contribution in [-0.4, -0.2) is 37.4 Å². The second kappa shape index (κ2) is 12.2. The molecule has 8 heteroatoms. The number of rotatable bonds is 6. The molecule has 6 nitrogen and oxygen atoms in total. The first kappa shape index (κ1) is 33.7. The fourth-order valence-electron chi connectivity index (χ4n) is 8.01. The highest BCUT2D eigenvalue weighted by molar-refractivity contribution is 7.85. The van der Waals surface area contributed by atoms with E-state index in [4.69, 9.17) is 4.74 Å². The minimum Gasteiger partial charge on any atom is -0.457 e. The summed E-state index contributed by atoms with van der Waals surface area (Å²) in [5.41, 5.74) is 8.01. The third-order valence-electron chi connectivity index (χ3n) is 10.6. The fraction of sp³-hybridized carbons (Fsp3) is 0.262. The van der Waals surface area contributed by atoms with Crippen molar-refractivity contribution in [2.45, 2.75) is 62.7 Å². The highest BCUT2D eigenvalue weighted by Crippen LogP contribution is 2.50. The first-order valence-corrected chi connectivity index (χ1v) is 18.4. The zero-order chi connectivity index (χ0) is 35.6. The Labute approximate surface area is 294 Å². The van der Waals surface area contributed by atoms with Gasteiger partial charge >= 0.3 is 0 Å². The van der Waals surface area contributed by atoms with Gasteiger partial charge in [-0.05, 0) is 115 Å². The lowest BCUT2D eigenvalue weighted by molar-refractivity contribution is -0.401. The molecule has 4 aromatic rings. The lowest BCUT2D eigenvalue weighted by Crippen LogP contribution is -2.26. The smallest absolute Gasteiger partial charge is 0.294 e. The molecule has 0 radical (unpaired) electrons. The van der Waals surface area contributed by atoms with Gasteiger partial charge in [0, 0.05) is 41.6 Å². The summed E-state index contributed by atoms with van der Waals surface area (Å²) in [6.07, 6.45) is 11.1. The van der Waals surface area contributed by atoms with Gasteiger partial charge in [-0.3, -0.25) is 4.55 Å². The van der Waals surface area contributed by atoms with E-state index in [1.165, 1.54) is 45.9 Å². The molecule has 0 fully saturated rings. The van der Waals surface area contributed by atoms with Gasteiger partial charge in [-0.25, -0.2) is 4.39 Å². The Morgan fingerprint density at radius 3 is 2.38 bits per heavy atom. The fourth-order valence-corrected chi connectivity index (χ4v) is 8.49. The van der Waals surface area contributed by atoms with Gasteiger partial charge in [-0.2, -0.15) is 13.0 Å². The molecule has 0 bridgehead atoms. The molecule has 0 atom stereocenters. The standard InChI is InChI=1S/C42H41FN2O4S/c1-41(2)34-26-30(43)17-23-35(34)44(5)37(41)24-15-28-11-9-12-29(40(28)49-31-18-20-32(21-19-31)50(46,47)48)16-25-38-42(3,4)39-33-13-8-7-10-27(33)14-22-36(39)45(38)6/h7-8,10,13-26H,9,11-12H2,1-6H3/p+1. The molecule has 2 aliphatic heterocycles. The molecule has 2 heterocycles. The van der Waals surface area contributed by atoms with Crippen LogP contribution in [0.2, 0.25) is 0 Å². The summed E-state index contributed by atoms with van der Waals surface area (Å²) in [6, 6.07) is 23.7. The van der Waals surface area contributed by atoms with Gasteiger partial charge in [-0.15, -0.1) is 0 Å². The van der Waals surface area contributed by atoms with Crippen LogP contribution in [0.5, 0.6) is 5.75 Å². The average molecular weight is 690 g/mol. The number of hydrogen-bond acceptors (Lipinski definition) is 4. The van der Waals surface area contributed by atoms with Crippen molar-refractivity contribution >= 4 is 38.0 Å². The first-order valence-electron chi connectivity index (χ1n) is 16.9. The van der Waals surface area contributed by atoms with E-state index >= 15 is 0 Å². The van der Waals surface area contributed by atoms with Crippen molar-refractivity contribution in [3.05, 3.63) is 143 Å². The predicted molar refractivity (Wildman–Crippen MR) is 199 cm³/mol. The quantitative estimate of drug-likeness (QED) is 0.161. The molecule has 7 rings (SSSR count). The van der Waals surface area contributed by atoms with Gasteiger partial charge in [0.1, 0.15) is 24.4 Å². The lowest BCUT2D eigenvalue weighted by atomic mass is 9.80. The van der Waals surface area contributed by atoms with Gasteiger partial charge < -0.3 is 9.64 Å². The third kappa shape index (κ3) is 5.70. The van der Waals surface area contributed by atoms with Gasteiger partial charge in [0.05, 0.1) is 10.3 Å². The van der Waals surface area contributed by atoms with Crippen LogP contribution >= 0.6 is 0 Å². The van der Waals surface area contributed by atoms with E-state index in [0.29, 0.717) is 11.5 Å². The first-order chi connectivity index (χ1) is 23.7. The van der Waals surface area contributed by atoms with Crippen molar-refractivity contribution in [3.8, 4) is 5.75 Å². The highest BCUT2D eigenvalue weighted by Gasteiger charge is 2.43. The van der Waals surface area contributed by atoms with Crippen molar-refractivity contribution in [1.29, 1.82) is 0 Å². The lowest BCUT2D eigenvalue weighted by Gasteiger charge is -2.25. The average Bonchev–Trinajstić information content (AvgIpc) is 3.39. The molecule has 1 N–H and O–H groups in total. The van der Waals surface area contributed by atoms with Gasteiger partial charge in [0.25, 0.3) is 10.1 Å². The van der Waals surface area contributed by atoms with E-state index in [1.807, 2.05) is 13.1 Å². The third-order valence-corrected chi connectivity index (χ3v) is 11.5. The summed E-state index contributed by atoms with van der Waals surface area (Å²) in [6.45, 7) is 8.76. The number of likely N-dealkylation sites (N-methyl/N-ethyl adjacent to an activating group) is 1. The monoisotopic (exact) mass is 689 g/mol. The second-order valence-electron chi connectivity index (χ2n) is 14.4. The SMILES string of the molecule is CN1/C(=C/C=C2\CCCC(/C=C/C3=[N+](C)c4ccc(F)cc4C3(C)C)=C2Oc2ccc(S(=O)(=O)O)cc2)C(C)(C)c2c1ccc1ccccc21. The van der Waals surface area contributed by atoms with Crippen molar-refractivity contribution < 1.29 is 26.7 Å². The Balaban J connectivity index is 1.31. The van der Waals surface area contributed by atoms with Gasteiger partial charge in [0.2, 0.25) is 5.69 Å². The van der Waals surface area contributed by atoms with E-state index in [-0.39, 0.29) is 16.1 Å². The van der Waals surface area contributed by atoms with Crippen LogP contribution in [0.25, 0.3) is 10.8 Å². The topological polar surface area (TPSA) is 69.8 Å². The van der Waals surface area contributed by atoms with E-state index in [0.717, 1.165) is 47.4 Å². The Morgan fingerprint density at radius 1 is 0.900 bits per heavy atom. The maximum absolute atomic E-state index is 14.3. The van der Waals surface area contributed by atoms with Gasteiger partial charge in [-0.1, -0.05) is 50.3 Å². The van der Waals surface area contributed by atoms with Crippen LogP contribution in [0.4, 0.5) is 15.8 Å². The molecular formula is C42H42FN2O4S+. The molecule has 3 aliphatic rings. The predicted octanol–water partition coefficient (Wildman–Crippen LogP) is 9.54. The van der Waals surface area contributed by atoms with Crippen LogP contribution in [0.3, 0.4) is 0 Å². The summed E-state index contributed by atoms with van der Waals surface area (Å²) in [5.74, 6) is 0.926. The maximum Gasteiger partial charge on any atom is 0.294 e. The molecule has 0 saturated heterocycles. The Kier molecular flexibility index (Phi) is 8.23. The van der Waals surface area contributed by atoms with Crippen molar-refractivity contribution in [1.82, 2.24) is 0 Å². The minimum absolute atomic E-state index is 0.194. The van der Waals surface area contributed by atoms with Crippen molar-refractivity contribution in [2.24, 2.45) is 0 Å². The van der Waals surface area contributed by atoms with Crippen LogP contribution in [-0.2, 0) is 20.9 Å². The molecule has 0 unspecified atom stereocenters. The van der Waals surface area contributed by atoms with Crippen LogP contribution < -0.4 is 9.64 Å². The van der Waals surface area contributed by atoms with E-state index in [2.05, 4.69) is 105 Å². The summed E-state index contributed by atoms with van der Waals surface area (Å²) in [5, 5.41) is 2.47. The number of anilines is 1. The zero-order valence-corrected chi connectivity index (χ0v) is 30.1. The van der Waals surface area contributed by atoms with E-state index < -0.39 is 15.5 Å². The number of benzene rings is 4. The largest absolute Gasteiger partial charge is 0.457 e. The molecule has 0 aromatic heterocycles. The second-order valence-corrected chi connectivity index (χ2v) is 15.9. The molecule has 0 amide bonds. The van der Waals surface area contributed by atoms with E-state index in [9.17, 15) is 17.4 Å². The minimum atomic E-state index is -4.34. The number of ether oxygens (including phenoxy) is 1. The van der Waals surface area contributed by atoms with Gasteiger partial charge in [0.15, 0.2) is 5.71 Å². The molecular weight excluding hydrogens is 648 g/mol. The number of hydrogen-bond donors (Lipinski definition) is 1. The van der Waals surface area contributed by atoms with Crippen LogP contribution in [0, 0.1) is 5.82 Å². The van der Waals surface area contributed by atoms with E-state index in [1.54, 1.807) is 18.2 Å². The summed E-state index contributed by atoms with van der Waals surface area (Å²) < 4.78 is 56.0. The molecule has 50 heavy (non-hydrogen) atoms. The Hall–Kier alpha value is -4.79. The number of fused-ring (bicyclic) bond motifs is 4. The molecule has 0 spiro atoms. The summed E-state index contributed by atoms with van der Waals surface area (Å²) in [4.78, 5) is 2.08. The molecule has 4 aromatic carbocycles. The maximum atomic E-state index is 14.3. The van der Waals surface area contributed by atoms with Crippen LogP contribution in [0.15, 0.2) is 131 Å². The summed E-state index contributed by atoms with van der Waals surface area (Å²) in [7, 11) is -0.213. The molecule has 1 aliphatic carbocycles. The number of halogens is 1. The Bertz CT molecular complexity index is 2330. The van der Waals surface area contributed by atoms with Crippen molar-refractivity contribution in [2.75, 3.05) is 19.0 Å². The zero-order valence-electron chi connectivity index (χ0n) is 29.3. The summed E-state index contributed by atoms with van der Waals surface area (Å²) >= 11 is 0. The number of allylic oxidation sites excluding steroid dienone is 7. The normalized spacial score (nSPS) is 20.0. The highest BCUT2D eigenvalue weighted by atomic mass is 32.2.